The second kappa shape index (κ2) is 4.59. The van der Waals surface area contributed by atoms with Crippen molar-refractivity contribution in [3.8, 4) is 11.5 Å². The molecule has 6 heteroatoms. The molecule has 100 valence electrons. The third-order valence-corrected chi connectivity index (χ3v) is 2.69. The molecular formula is C12H14F3NO2. The molecule has 0 N–H and O–H groups in total. The summed E-state index contributed by atoms with van der Waals surface area (Å²) in [6, 6.07) is 3.30. The van der Waals surface area contributed by atoms with Crippen molar-refractivity contribution in [2.75, 3.05) is 31.7 Å². The largest absolute Gasteiger partial charge is 0.486 e. The second-order valence-electron chi connectivity index (χ2n) is 4.25. The van der Waals surface area contributed by atoms with Crippen molar-refractivity contribution in [2.24, 2.45) is 0 Å². The monoisotopic (exact) mass is 261 g/mol. The van der Waals surface area contributed by atoms with Gasteiger partial charge in [-0.1, -0.05) is 0 Å². The average Bonchev–Trinajstić information content (AvgIpc) is 2.25. The molecule has 0 aliphatic carbocycles. The zero-order valence-corrected chi connectivity index (χ0v) is 10.2. The van der Waals surface area contributed by atoms with Crippen molar-refractivity contribution in [1.29, 1.82) is 0 Å². The molecule has 0 fully saturated rings. The standard InChI is InChI=1S/C12H14F3NO2/c1-8-5-10-11(18-4-3-17-10)6-9(8)16(2)7-12(13,14)15/h5-6H,3-4,7H2,1-2H3. The van der Waals surface area contributed by atoms with Crippen molar-refractivity contribution in [1.82, 2.24) is 0 Å². The Morgan fingerprint density at radius 2 is 1.72 bits per heavy atom. The van der Waals surface area contributed by atoms with Crippen molar-refractivity contribution in [2.45, 2.75) is 13.1 Å². The van der Waals surface area contributed by atoms with E-state index in [2.05, 4.69) is 0 Å². The van der Waals surface area contributed by atoms with Gasteiger partial charge in [0.15, 0.2) is 11.5 Å². The van der Waals surface area contributed by atoms with Crippen LogP contribution in [-0.4, -0.2) is 33.0 Å². The molecule has 1 aliphatic heterocycles. The van der Waals surface area contributed by atoms with Gasteiger partial charge < -0.3 is 14.4 Å². The number of halogens is 3. The van der Waals surface area contributed by atoms with Crippen LogP contribution in [0.1, 0.15) is 5.56 Å². The molecule has 0 spiro atoms. The summed E-state index contributed by atoms with van der Waals surface area (Å²) >= 11 is 0. The fraction of sp³-hybridized carbons (Fsp3) is 0.500. The molecule has 0 unspecified atom stereocenters. The third-order valence-electron chi connectivity index (χ3n) is 2.69. The molecule has 0 amide bonds. The normalized spacial score (nSPS) is 14.5. The van der Waals surface area contributed by atoms with Crippen LogP contribution in [0.5, 0.6) is 11.5 Å². The Morgan fingerprint density at radius 1 is 1.17 bits per heavy atom. The Morgan fingerprint density at radius 3 is 2.28 bits per heavy atom. The number of anilines is 1. The molecule has 0 aromatic heterocycles. The number of ether oxygens (including phenoxy) is 2. The lowest BCUT2D eigenvalue weighted by Crippen LogP contribution is -2.31. The average molecular weight is 261 g/mol. The lowest BCUT2D eigenvalue weighted by atomic mass is 10.1. The first kappa shape index (κ1) is 12.9. The summed E-state index contributed by atoms with van der Waals surface area (Å²) in [5.74, 6) is 1.08. The highest BCUT2D eigenvalue weighted by molar-refractivity contribution is 5.61. The van der Waals surface area contributed by atoms with E-state index >= 15 is 0 Å². The summed E-state index contributed by atoms with van der Waals surface area (Å²) in [6.45, 7) is 1.64. The molecule has 1 aliphatic rings. The number of benzene rings is 1. The Balaban J connectivity index is 2.27. The van der Waals surface area contributed by atoms with Gasteiger partial charge in [0, 0.05) is 18.8 Å². The van der Waals surface area contributed by atoms with Gasteiger partial charge in [-0.05, 0) is 18.6 Å². The van der Waals surface area contributed by atoms with E-state index in [0.717, 1.165) is 10.5 Å². The van der Waals surface area contributed by atoms with Gasteiger partial charge in [0.2, 0.25) is 0 Å². The smallest absolute Gasteiger partial charge is 0.405 e. The predicted octanol–water partition coefficient (Wildman–Crippen LogP) is 2.76. The highest BCUT2D eigenvalue weighted by atomic mass is 19.4. The van der Waals surface area contributed by atoms with E-state index in [-0.39, 0.29) is 0 Å². The quantitative estimate of drug-likeness (QED) is 0.817. The fourth-order valence-electron chi connectivity index (χ4n) is 1.95. The molecule has 0 atom stereocenters. The van der Waals surface area contributed by atoms with Crippen molar-refractivity contribution < 1.29 is 22.6 Å². The number of nitrogens with zero attached hydrogens (tertiary/aromatic N) is 1. The Labute approximate surface area is 103 Å². The van der Waals surface area contributed by atoms with Gasteiger partial charge >= 0.3 is 6.18 Å². The van der Waals surface area contributed by atoms with E-state index in [0.29, 0.717) is 30.4 Å². The molecule has 3 nitrogen and oxygen atoms in total. The lowest BCUT2D eigenvalue weighted by molar-refractivity contribution is -0.119. The number of aryl methyl sites for hydroxylation is 1. The first-order valence-electron chi connectivity index (χ1n) is 5.55. The number of hydrogen-bond donors (Lipinski definition) is 0. The van der Waals surface area contributed by atoms with E-state index in [1.54, 1.807) is 19.1 Å². The minimum absolute atomic E-state index is 0.415. The van der Waals surface area contributed by atoms with Crippen LogP contribution < -0.4 is 14.4 Å². The number of alkyl halides is 3. The minimum atomic E-state index is -4.23. The van der Waals surface area contributed by atoms with E-state index in [4.69, 9.17) is 9.47 Å². The summed E-state index contributed by atoms with van der Waals surface area (Å²) in [4.78, 5) is 1.16. The predicted molar refractivity (Wildman–Crippen MR) is 61.5 cm³/mol. The number of hydrogen-bond acceptors (Lipinski definition) is 3. The van der Waals surface area contributed by atoms with Gasteiger partial charge in [0.25, 0.3) is 0 Å². The minimum Gasteiger partial charge on any atom is -0.486 e. The van der Waals surface area contributed by atoms with E-state index in [1.807, 2.05) is 0 Å². The molecule has 0 saturated heterocycles. The van der Waals surface area contributed by atoms with E-state index in [9.17, 15) is 13.2 Å². The first-order valence-corrected chi connectivity index (χ1v) is 5.55. The molecule has 18 heavy (non-hydrogen) atoms. The third kappa shape index (κ3) is 2.80. The van der Waals surface area contributed by atoms with Gasteiger partial charge in [-0.25, -0.2) is 0 Å². The Kier molecular flexibility index (Phi) is 3.28. The van der Waals surface area contributed by atoms with Crippen molar-refractivity contribution in [3.05, 3.63) is 17.7 Å². The molecule has 0 radical (unpaired) electrons. The summed E-state index contributed by atoms with van der Waals surface area (Å²) in [5, 5.41) is 0. The maximum Gasteiger partial charge on any atom is 0.405 e. The first-order chi connectivity index (χ1) is 8.37. The van der Waals surface area contributed by atoms with Crippen LogP contribution in [0, 0.1) is 6.92 Å². The van der Waals surface area contributed by atoms with Crippen LogP contribution in [0.2, 0.25) is 0 Å². The summed E-state index contributed by atoms with van der Waals surface area (Å²) in [7, 11) is 1.41. The molecule has 1 heterocycles. The molecular weight excluding hydrogens is 247 g/mol. The molecule has 1 aromatic rings. The highest BCUT2D eigenvalue weighted by Gasteiger charge is 2.30. The van der Waals surface area contributed by atoms with Crippen LogP contribution in [0.25, 0.3) is 0 Å². The summed E-state index contributed by atoms with van der Waals surface area (Å²) in [5.41, 5.74) is 1.22. The van der Waals surface area contributed by atoms with Gasteiger partial charge in [-0.2, -0.15) is 13.2 Å². The number of fused-ring (bicyclic) bond motifs is 1. The summed E-state index contributed by atoms with van der Waals surface area (Å²) < 4.78 is 47.8. The molecule has 2 rings (SSSR count). The number of rotatable bonds is 2. The fourth-order valence-corrected chi connectivity index (χ4v) is 1.95. The van der Waals surface area contributed by atoms with Gasteiger partial charge in [0.05, 0.1) is 0 Å². The maximum absolute atomic E-state index is 12.4. The van der Waals surface area contributed by atoms with Gasteiger partial charge in [-0.15, -0.1) is 0 Å². The molecule has 1 aromatic carbocycles. The van der Waals surface area contributed by atoms with Crippen LogP contribution in [-0.2, 0) is 0 Å². The van der Waals surface area contributed by atoms with Crippen LogP contribution in [0.15, 0.2) is 12.1 Å². The highest BCUT2D eigenvalue weighted by Crippen LogP contribution is 2.37. The summed E-state index contributed by atoms with van der Waals surface area (Å²) in [6.07, 6.45) is -4.23. The topological polar surface area (TPSA) is 21.7 Å². The Bertz CT molecular complexity index is 446. The lowest BCUT2D eigenvalue weighted by Gasteiger charge is -2.26. The van der Waals surface area contributed by atoms with Crippen molar-refractivity contribution >= 4 is 5.69 Å². The van der Waals surface area contributed by atoms with Crippen LogP contribution >= 0.6 is 0 Å². The van der Waals surface area contributed by atoms with E-state index < -0.39 is 12.7 Å². The zero-order chi connectivity index (χ0) is 13.3. The molecule has 0 bridgehead atoms. The van der Waals surface area contributed by atoms with E-state index in [1.165, 1.54) is 7.05 Å². The Hall–Kier alpha value is -1.59. The van der Waals surface area contributed by atoms with Crippen LogP contribution in [0.4, 0.5) is 18.9 Å². The van der Waals surface area contributed by atoms with Gasteiger partial charge in [-0.3, -0.25) is 0 Å². The van der Waals surface area contributed by atoms with Gasteiger partial charge in [0.1, 0.15) is 19.8 Å². The van der Waals surface area contributed by atoms with Crippen LogP contribution in [0.3, 0.4) is 0 Å². The second-order valence-corrected chi connectivity index (χ2v) is 4.25. The SMILES string of the molecule is Cc1cc2c(cc1N(C)CC(F)(F)F)OCCO2. The molecule has 0 saturated carbocycles. The van der Waals surface area contributed by atoms with Crippen molar-refractivity contribution in [3.63, 3.8) is 0 Å². The zero-order valence-electron chi connectivity index (χ0n) is 10.2. The maximum atomic E-state index is 12.4.